The van der Waals surface area contributed by atoms with Crippen molar-refractivity contribution in [2.24, 2.45) is 11.7 Å². The minimum atomic E-state index is 0.0495. The second-order valence-electron chi connectivity index (χ2n) is 5.88. The Balaban J connectivity index is 1.72. The van der Waals surface area contributed by atoms with E-state index in [0.29, 0.717) is 13.0 Å². The number of nitrogens with two attached hydrogens (primary N) is 1. The van der Waals surface area contributed by atoms with Crippen LogP contribution in [0, 0.1) is 5.92 Å². The van der Waals surface area contributed by atoms with Gasteiger partial charge < -0.3 is 11.1 Å². The average Bonchev–Trinajstić information content (AvgIpc) is 2.99. The van der Waals surface area contributed by atoms with Gasteiger partial charge >= 0.3 is 0 Å². The Labute approximate surface area is 121 Å². The van der Waals surface area contributed by atoms with Crippen LogP contribution in [0.1, 0.15) is 44.1 Å². The smallest absolute Gasteiger partial charge is 0.220 e. The van der Waals surface area contributed by atoms with Crippen molar-refractivity contribution >= 4 is 5.91 Å². The number of amides is 1. The third kappa shape index (κ3) is 4.97. The van der Waals surface area contributed by atoms with E-state index in [9.17, 15) is 4.79 Å². The minimum absolute atomic E-state index is 0.0495. The molecule has 2 rings (SSSR count). The van der Waals surface area contributed by atoms with Gasteiger partial charge in [-0.25, -0.2) is 0 Å². The van der Waals surface area contributed by atoms with Crippen molar-refractivity contribution < 1.29 is 4.79 Å². The summed E-state index contributed by atoms with van der Waals surface area (Å²) in [4.78, 5) is 12.0. The van der Waals surface area contributed by atoms with Crippen LogP contribution < -0.4 is 11.1 Å². The SMILES string of the molecule is NCC(Cc1ccccc1)NC(=O)CCC1CCCC1. The van der Waals surface area contributed by atoms with E-state index in [1.807, 2.05) is 18.2 Å². The molecular formula is C17H26N2O. The van der Waals surface area contributed by atoms with Crippen LogP contribution in [0.3, 0.4) is 0 Å². The summed E-state index contributed by atoms with van der Waals surface area (Å²) < 4.78 is 0. The Morgan fingerprint density at radius 3 is 2.60 bits per heavy atom. The van der Waals surface area contributed by atoms with E-state index in [1.165, 1.54) is 31.2 Å². The maximum atomic E-state index is 12.0. The van der Waals surface area contributed by atoms with Crippen molar-refractivity contribution in [3.8, 4) is 0 Å². The highest BCUT2D eigenvalue weighted by molar-refractivity contribution is 5.76. The van der Waals surface area contributed by atoms with Crippen LogP contribution in [0.5, 0.6) is 0 Å². The number of carbonyl (C=O) groups is 1. The number of rotatable bonds is 7. The fraction of sp³-hybridized carbons (Fsp3) is 0.588. The highest BCUT2D eigenvalue weighted by Gasteiger charge is 2.17. The highest BCUT2D eigenvalue weighted by Crippen LogP contribution is 2.28. The summed E-state index contributed by atoms with van der Waals surface area (Å²) in [5.74, 6) is 0.925. The molecule has 1 unspecified atom stereocenters. The Hall–Kier alpha value is -1.35. The second-order valence-corrected chi connectivity index (χ2v) is 5.88. The molecular weight excluding hydrogens is 248 g/mol. The van der Waals surface area contributed by atoms with E-state index in [4.69, 9.17) is 5.73 Å². The van der Waals surface area contributed by atoms with Gasteiger partial charge in [-0.1, -0.05) is 56.0 Å². The number of carbonyl (C=O) groups excluding carboxylic acids is 1. The molecule has 1 fully saturated rings. The maximum absolute atomic E-state index is 12.0. The van der Waals surface area contributed by atoms with Gasteiger partial charge in [0.2, 0.25) is 5.91 Å². The number of nitrogens with one attached hydrogen (secondary N) is 1. The first-order valence-corrected chi connectivity index (χ1v) is 7.81. The molecule has 1 saturated carbocycles. The number of hydrogen-bond donors (Lipinski definition) is 2. The van der Waals surface area contributed by atoms with Crippen LogP contribution in [0.2, 0.25) is 0 Å². The van der Waals surface area contributed by atoms with Crippen LogP contribution in [-0.4, -0.2) is 18.5 Å². The molecule has 0 aromatic heterocycles. The Morgan fingerprint density at radius 2 is 1.95 bits per heavy atom. The largest absolute Gasteiger partial charge is 0.352 e. The fourth-order valence-corrected chi connectivity index (χ4v) is 3.03. The molecule has 1 aromatic carbocycles. The molecule has 3 heteroatoms. The lowest BCUT2D eigenvalue weighted by Crippen LogP contribution is -2.41. The van der Waals surface area contributed by atoms with E-state index < -0.39 is 0 Å². The first-order chi connectivity index (χ1) is 9.78. The van der Waals surface area contributed by atoms with Crippen molar-refractivity contribution in [3.05, 3.63) is 35.9 Å². The standard InChI is InChI=1S/C17H26N2O/c18-13-16(12-15-8-2-1-3-9-15)19-17(20)11-10-14-6-4-5-7-14/h1-3,8-9,14,16H,4-7,10-13,18H2,(H,19,20). The summed E-state index contributed by atoms with van der Waals surface area (Å²) in [7, 11) is 0. The number of benzene rings is 1. The summed E-state index contributed by atoms with van der Waals surface area (Å²) in [6, 6.07) is 10.2. The van der Waals surface area contributed by atoms with Crippen LogP contribution in [0.15, 0.2) is 30.3 Å². The molecule has 0 bridgehead atoms. The summed E-state index contributed by atoms with van der Waals surface area (Å²) in [5, 5.41) is 3.08. The Kier molecular flexibility index (Phi) is 6.06. The van der Waals surface area contributed by atoms with E-state index in [1.54, 1.807) is 0 Å². The molecule has 0 radical (unpaired) electrons. The van der Waals surface area contributed by atoms with Gasteiger partial charge in [0, 0.05) is 19.0 Å². The predicted octanol–water partition coefficient (Wildman–Crippen LogP) is 2.64. The number of hydrogen-bond acceptors (Lipinski definition) is 2. The summed E-state index contributed by atoms with van der Waals surface area (Å²) in [6.07, 6.45) is 7.78. The molecule has 0 heterocycles. The topological polar surface area (TPSA) is 55.1 Å². The van der Waals surface area contributed by atoms with Crippen molar-refractivity contribution in [1.29, 1.82) is 0 Å². The van der Waals surface area contributed by atoms with E-state index >= 15 is 0 Å². The van der Waals surface area contributed by atoms with Crippen molar-refractivity contribution in [2.75, 3.05) is 6.54 Å². The van der Waals surface area contributed by atoms with Gasteiger partial charge in [0.05, 0.1) is 0 Å². The molecule has 0 aliphatic heterocycles. The lowest BCUT2D eigenvalue weighted by Gasteiger charge is -2.17. The lowest BCUT2D eigenvalue weighted by molar-refractivity contribution is -0.122. The molecule has 3 nitrogen and oxygen atoms in total. The Morgan fingerprint density at radius 1 is 1.25 bits per heavy atom. The maximum Gasteiger partial charge on any atom is 0.220 e. The van der Waals surface area contributed by atoms with Crippen LogP contribution in [0.4, 0.5) is 0 Å². The molecule has 1 aliphatic carbocycles. The molecule has 3 N–H and O–H groups in total. The molecule has 20 heavy (non-hydrogen) atoms. The van der Waals surface area contributed by atoms with Crippen LogP contribution in [0.25, 0.3) is 0 Å². The highest BCUT2D eigenvalue weighted by atomic mass is 16.1. The van der Waals surface area contributed by atoms with Gasteiger partial charge in [-0.15, -0.1) is 0 Å². The van der Waals surface area contributed by atoms with Crippen molar-refractivity contribution in [2.45, 2.75) is 51.0 Å². The quantitative estimate of drug-likeness (QED) is 0.803. The second kappa shape index (κ2) is 8.05. The normalized spacial score (nSPS) is 17.1. The minimum Gasteiger partial charge on any atom is -0.352 e. The molecule has 1 aliphatic rings. The predicted molar refractivity (Wildman–Crippen MR) is 82.3 cm³/mol. The fourth-order valence-electron chi connectivity index (χ4n) is 3.03. The van der Waals surface area contributed by atoms with Gasteiger partial charge in [-0.05, 0) is 24.3 Å². The summed E-state index contributed by atoms with van der Waals surface area (Å²) >= 11 is 0. The Bertz CT molecular complexity index is 399. The van der Waals surface area contributed by atoms with Gasteiger partial charge in [-0.3, -0.25) is 4.79 Å². The molecule has 0 spiro atoms. The zero-order valence-corrected chi connectivity index (χ0v) is 12.2. The first kappa shape index (κ1) is 15.0. The molecule has 110 valence electrons. The third-order valence-electron chi connectivity index (χ3n) is 4.23. The third-order valence-corrected chi connectivity index (χ3v) is 4.23. The monoisotopic (exact) mass is 274 g/mol. The van der Waals surface area contributed by atoms with E-state index in [-0.39, 0.29) is 11.9 Å². The van der Waals surface area contributed by atoms with Crippen molar-refractivity contribution in [3.63, 3.8) is 0 Å². The molecule has 1 atom stereocenters. The average molecular weight is 274 g/mol. The summed E-state index contributed by atoms with van der Waals surface area (Å²) in [5.41, 5.74) is 6.99. The zero-order chi connectivity index (χ0) is 14.2. The van der Waals surface area contributed by atoms with Crippen LogP contribution >= 0.6 is 0 Å². The zero-order valence-electron chi connectivity index (χ0n) is 12.2. The van der Waals surface area contributed by atoms with Gasteiger partial charge in [0.1, 0.15) is 0 Å². The van der Waals surface area contributed by atoms with Crippen LogP contribution in [-0.2, 0) is 11.2 Å². The summed E-state index contributed by atoms with van der Waals surface area (Å²) in [6.45, 7) is 0.490. The van der Waals surface area contributed by atoms with Gasteiger partial charge in [0.15, 0.2) is 0 Å². The first-order valence-electron chi connectivity index (χ1n) is 7.81. The van der Waals surface area contributed by atoms with E-state index in [2.05, 4.69) is 17.4 Å². The van der Waals surface area contributed by atoms with E-state index in [0.717, 1.165) is 18.8 Å². The molecule has 1 amide bonds. The van der Waals surface area contributed by atoms with Gasteiger partial charge in [-0.2, -0.15) is 0 Å². The van der Waals surface area contributed by atoms with Crippen molar-refractivity contribution in [1.82, 2.24) is 5.32 Å². The molecule has 1 aromatic rings. The van der Waals surface area contributed by atoms with Gasteiger partial charge in [0.25, 0.3) is 0 Å². The molecule has 0 saturated heterocycles. The lowest BCUT2D eigenvalue weighted by atomic mass is 10.0.